The number of phenolic OH excluding ortho intramolecular Hbond substituents is 1. The van der Waals surface area contributed by atoms with Gasteiger partial charge in [-0.25, -0.2) is 0 Å². The minimum Gasteiger partial charge on any atom is -0.503 e. The summed E-state index contributed by atoms with van der Waals surface area (Å²) in [7, 11) is 6.05. The monoisotopic (exact) mass is 517 g/mol. The number of amides is 1. The van der Waals surface area contributed by atoms with E-state index in [4.69, 9.17) is 23.7 Å². The van der Waals surface area contributed by atoms with Crippen LogP contribution in [0.2, 0.25) is 0 Å². The SMILES string of the molecule is C=CCOc1cccc(/C=C/C(=O)Nc2c(/C=C/c3cc(OC)c(OC)c(OC)c3)ccc(OC)c2O)c1. The second-order valence-corrected chi connectivity index (χ2v) is 7.87. The van der Waals surface area contributed by atoms with Crippen LogP contribution < -0.4 is 29.0 Å². The van der Waals surface area contributed by atoms with Gasteiger partial charge in [0.2, 0.25) is 11.7 Å². The van der Waals surface area contributed by atoms with Gasteiger partial charge in [-0.05, 0) is 53.6 Å². The highest BCUT2D eigenvalue weighted by Crippen LogP contribution is 2.40. The summed E-state index contributed by atoms with van der Waals surface area (Å²) in [4.78, 5) is 12.8. The lowest BCUT2D eigenvalue weighted by atomic mass is 10.1. The number of anilines is 1. The topological polar surface area (TPSA) is 95.5 Å². The number of hydrogen-bond donors (Lipinski definition) is 2. The van der Waals surface area contributed by atoms with Crippen LogP contribution in [0, 0.1) is 0 Å². The zero-order valence-electron chi connectivity index (χ0n) is 21.8. The molecule has 8 nitrogen and oxygen atoms in total. The quantitative estimate of drug-likeness (QED) is 0.135. The summed E-state index contributed by atoms with van der Waals surface area (Å²) in [5, 5.41) is 13.5. The second kappa shape index (κ2) is 13.5. The van der Waals surface area contributed by atoms with Crippen LogP contribution in [0.25, 0.3) is 18.2 Å². The Morgan fingerprint density at radius 2 is 1.58 bits per heavy atom. The van der Waals surface area contributed by atoms with Gasteiger partial charge < -0.3 is 34.1 Å². The van der Waals surface area contributed by atoms with Gasteiger partial charge in [0.15, 0.2) is 23.0 Å². The van der Waals surface area contributed by atoms with Crippen LogP contribution in [0.15, 0.2) is 67.3 Å². The molecule has 0 bridgehead atoms. The lowest BCUT2D eigenvalue weighted by Gasteiger charge is -2.14. The molecule has 0 unspecified atom stereocenters. The Bertz CT molecular complexity index is 1320. The van der Waals surface area contributed by atoms with Gasteiger partial charge in [0.05, 0.1) is 34.1 Å². The van der Waals surface area contributed by atoms with E-state index in [1.807, 2.05) is 24.3 Å². The molecule has 3 aromatic carbocycles. The molecular formula is C30H31NO7. The van der Waals surface area contributed by atoms with E-state index in [0.29, 0.717) is 35.2 Å². The average molecular weight is 518 g/mol. The predicted octanol–water partition coefficient (Wildman–Crippen LogP) is 5.81. The summed E-state index contributed by atoms with van der Waals surface area (Å²) >= 11 is 0. The number of methoxy groups -OCH3 is 4. The van der Waals surface area contributed by atoms with E-state index in [-0.39, 0.29) is 17.2 Å². The maximum Gasteiger partial charge on any atom is 0.248 e. The molecule has 0 radical (unpaired) electrons. The maximum absolute atomic E-state index is 12.8. The van der Waals surface area contributed by atoms with Crippen molar-refractivity contribution < 1.29 is 33.6 Å². The van der Waals surface area contributed by atoms with E-state index in [1.54, 1.807) is 48.6 Å². The first-order valence-corrected chi connectivity index (χ1v) is 11.6. The summed E-state index contributed by atoms with van der Waals surface area (Å²) < 4.78 is 27.0. The number of ether oxygens (including phenoxy) is 5. The molecule has 0 saturated heterocycles. The molecule has 198 valence electrons. The van der Waals surface area contributed by atoms with Crippen molar-refractivity contribution in [1.29, 1.82) is 0 Å². The molecule has 2 N–H and O–H groups in total. The van der Waals surface area contributed by atoms with Crippen molar-refractivity contribution in [2.75, 3.05) is 40.4 Å². The molecule has 38 heavy (non-hydrogen) atoms. The van der Waals surface area contributed by atoms with E-state index < -0.39 is 5.91 Å². The summed E-state index contributed by atoms with van der Waals surface area (Å²) in [6, 6.07) is 14.2. The van der Waals surface area contributed by atoms with E-state index in [1.165, 1.54) is 34.5 Å². The summed E-state index contributed by atoms with van der Waals surface area (Å²) in [5.41, 5.74) is 2.29. The van der Waals surface area contributed by atoms with Crippen LogP contribution in [0.5, 0.6) is 34.5 Å². The molecule has 0 aliphatic heterocycles. The Hall–Kier alpha value is -4.85. The summed E-state index contributed by atoms with van der Waals surface area (Å²) in [6.45, 7) is 4.02. The Morgan fingerprint density at radius 1 is 0.868 bits per heavy atom. The number of carbonyl (C=O) groups is 1. The van der Waals surface area contributed by atoms with E-state index in [2.05, 4.69) is 11.9 Å². The van der Waals surface area contributed by atoms with Gasteiger partial charge in [-0.3, -0.25) is 4.79 Å². The third-order valence-corrected chi connectivity index (χ3v) is 5.44. The van der Waals surface area contributed by atoms with Crippen LogP contribution in [-0.2, 0) is 4.79 Å². The van der Waals surface area contributed by atoms with E-state index >= 15 is 0 Å². The molecule has 0 spiro atoms. The number of phenols is 1. The molecule has 0 fully saturated rings. The van der Waals surface area contributed by atoms with Crippen LogP contribution in [0.4, 0.5) is 5.69 Å². The van der Waals surface area contributed by atoms with Crippen molar-refractivity contribution in [2.24, 2.45) is 0 Å². The normalized spacial score (nSPS) is 10.8. The smallest absolute Gasteiger partial charge is 0.248 e. The predicted molar refractivity (Wildman–Crippen MR) is 149 cm³/mol. The first-order chi connectivity index (χ1) is 18.4. The molecule has 3 rings (SSSR count). The Morgan fingerprint density at radius 3 is 2.21 bits per heavy atom. The van der Waals surface area contributed by atoms with E-state index in [9.17, 15) is 9.90 Å². The molecule has 1 amide bonds. The molecule has 0 atom stereocenters. The fraction of sp³-hybridized carbons (Fsp3) is 0.167. The highest BCUT2D eigenvalue weighted by atomic mass is 16.5. The Balaban J connectivity index is 1.88. The van der Waals surface area contributed by atoms with Crippen LogP contribution in [-0.4, -0.2) is 46.1 Å². The zero-order chi connectivity index (χ0) is 27.5. The van der Waals surface area contributed by atoms with Crippen molar-refractivity contribution in [1.82, 2.24) is 0 Å². The van der Waals surface area contributed by atoms with Gasteiger partial charge >= 0.3 is 0 Å². The largest absolute Gasteiger partial charge is 0.503 e. The average Bonchev–Trinajstić information content (AvgIpc) is 2.94. The molecule has 0 aliphatic rings. The summed E-state index contributed by atoms with van der Waals surface area (Å²) in [5.74, 6) is 1.74. The molecule has 0 aromatic heterocycles. The number of hydrogen-bond acceptors (Lipinski definition) is 7. The van der Waals surface area contributed by atoms with Crippen LogP contribution in [0.1, 0.15) is 16.7 Å². The lowest BCUT2D eigenvalue weighted by molar-refractivity contribution is -0.111. The van der Waals surface area contributed by atoms with Gasteiger partial charge in [0.1, 0.15) is 12.4 Å². The van der Waals surface area contributed by atoms with Gasteiger partial charge in [-0.15, -0.1) is 0 Å². The molecule has 0 saturated carbocycles. The molecule has 8 heteroatoms. The van der Waals surface area contributed by atoms with Crippen molar-refractivity contribution in [3.63, 3.8) is 0 Å². The van der Waals surface area contributed by atoms with Crippen molar-refractivity contribution >= 4 is 29.8 Å². The fourth-order valence-corrected chi connectivity index (χ4v) is 3.61. The van der Waals surface area contributed by atoms with Gasteiger partial charge in [0.25, 0.3) is 0 Å². The maximum atomic E-state index is 12.8. The number of carbonyl (C=O) groups excluding carboxylic acids is 1. The van der Waals surface area contributed by atoms with Crippen molar-refractivity contribution in [3.05, 3.63) is 84.0 Å². The standard InChI is InChI=1S/C30H31NO7/c1-6-16-38-23-9-7-8-20(17-23)11-15-27(32)31-28-22(13-14-24(34-2)29(28)33)12-10-21-18-25(35-3)30(37-5)26(19-21)36-4/h6-15,17-19,33H,1,16H2,2-5H3,(H,31,32)/b12-10+,15-11+. The first kappa shape index (κ1) is 27.7. The third-order valence-electron chi connectivity index (χ3n) is 5.44. The minimum atomic E-state index is -0.437. The van der Waals surface area contributed by atoms with Gasteiger partial charge in [-0.2, -0.15) is 0 Å². The van der Waals surface area contributed by atoms with E-state index in [0.717, 1.165) is 11.1 Å². The van der Waals surface area contributed by atoms with Gasteiger partial charge in [0, 0.05) is 11.6 Å². The Labute approximate surface area is 222 Å². The molecule has 0 heterocycles. The van der Waals surface area contributed by atoms with Crippen molar-refractivity contribution in [2.45, 2.75) is 0 Å². The highest BCUT2D eigenvalue weighted by molar-refractivity contribution is 6.04. The molecular weight excluding hydrogens is 486 g/mol. The Kier molecular flexibility index (Phi) is 9.82. The lowest BCUT2D eigenvalue weighted by Crippen LogP contribution is -2.09. The summed E-state index contributed by atoms with van der Waals surface area (Å²) in [6.07, 6.45) is 8.23. The first-order valence-electron chi connectivity index (χ1n) is 11.6. The van der Waals surface area contributed by atoms with Crippen LogP contribution >= 0.6 is 0 Å². The molecule has 0 aliphatic carbocycles. The highest BCUT2D eigenvalue weighted by Gasteiger charge is 2.15. The second-order valence-electron chi connectivity index (χ2n) is 7.87. The third kappa shape index (κ3) is 6.88. The molecule has 3 aromatic rings. The number of aromatic hydroxyl groups is 1. The zero-order valence-corrected chi connectivity index (χ0v) is 21.8. The minimum absolute atomic E-state index is 0.193. The van der Waals surface area contributed by atoms with Gasteiger partial charge in [-0.1, -0.05) is 36.9 Å². The number of benzene rings is 3. The van der Waals surface area contributed by atoms with Crippen LogP contribution in [0.3, 0.4) is 0 Å². The van der Waals surface area contributed by atoms with Crippen molar-refractivity contribution in [3.8, 4) is 34.5 Å². The number of rotatable bonds is 12. The number of nitrogens with one attached hydrogen (secondary N) is 1. The fourth-order valence-electron chi connectivity index (χ4n) is 3.61.